The summed E-state index contributed by atoms with van der Waals surface area (Å²) in [7, 11) is 0. The quantitative estimate of drug-likeness (QED) is 0.141. The summed E-state index contributed by atoms with van der Waals surface area (Å²) >= 11 is 0. The Kier molecular flexibility index (Phi) is 13.7. The molecule has 45 heavy (non-hydrogen) atoms. The van der Waals surface area contributed by atoms with Crippen LogP contribution in [0.15, 0.2) is 36.4 Å². The number of hydrogen-bond acceptors (Lipinski definition) is 12. The molecule has 3 rings (SSSR count). The number of benzene rings is 2. The van der Waals surface area contributed by atoms with Crippen molar-refractivity contribution >= 4 is 17.9 Å². The van der Waals surface area contributed by atoms with E-state index in [1.165, 1.54) is 12.1 Å². The van der Waals surface area contributed by atoms with Crippen molar-refractivity contribution in [2.24, 2.45) is 0 Å². The van der Waals surface area contributed by atoms with Gasteiger partial charge in [0.1, 0.15) is 48.4 Å². The third kappa shape index (κ3) is 10.8. The highest BCUT2D eigenvalue weighted by Crippen LogP contribution is 2.35. The monoisotopic (exact) mass is 624 g/mol. The average Bonchev–Trinajstić information content (AvgIpc) is 3.02. The van der Waals surface area contributed by atoms with Gasteiger partial charge in [0.15, 0.2) is 11.6 Å². The molecule has 244 valence electrons. The molecule has 0 aliphatic rings. The summed E-state index contributed by atoms with van der Waals surface area (Å²) in [5.74, 6) is -0.0527. The molecule has 3 aromatic rings. The van der Waals surface area contributed by atoms with Crippen LogP contribution in [0.2, 0.25) is 0 Å². The van der Waals surface area contributed by atoms with Gasteiger partial charge in [-0.3, -0.25) is 9.59 Å². The van der Waals surface area contributed by atoms with E-state index in [1.807, 2.05) is 0 Å². The second-order valence-electron chi connectivity index (χ2n) is 10.5. The van der Waals surface area contributed by atoms with E-state index in [4.69, 9.17) is 24.7 Å². The first-order valence-electron chi connectivity index (χ1n) is 15.5. The fraction of sp³-hybridized carbons (Fsp3) is 0.485. The summed E-state index contributed by atoms with van der Waals surface area (Å²) in [5, 5.41) is 21.7. The largest absolute Gasteiger partial charge is 0.507 e. The van der Waals surface area contributed by atoms with Crippen molar-refractivity contribution in [2.45, 2.75) is 91.3 Å². The van der Waals surface area contributed by atoms with Gasteiger partial charge in [-0.25, -0.2) is 4.98 Å². The minimum Gasteiger partial charge on any atom is -0.507 e. The molecule has 1 aromatic heterocycles. The Labute approximate surface area is 263 Å². The summed E-state index contributed by atoms with van der Waals surface area (Å²) in [6.45, 7) is 7.80. The van der Waals surface area contributed by atoms with Crippen LogP contribution >= 0.6 is 0 Å². The first-order valence-corrected chi connectivity index (χ1v) is 15.5. The van der Waals surface area contributed by atoms with Gasteiger partial charge in [-0.15, -0.1) is 0 Å². The molecule has 12 heteroatoms. The maximum absolute atomic E-state index is 11.6. The number of nitrogens with zero attached hydrogens (tertiary/aromatic N) is 3. The first-order chi connectivity index (χ1) is 21.7. The van der Waals surface area contributed by atoms with Crippen LogP contribution in [0, 0.1) is 0 Å². The third-order valence-electron chi connectivity index (χ3n) is 6.88. The Bertz CT molecular complexity index is 1320. The number of rotatable bonds is 18. The number of carbonyl (C=O) groups is 2. The standard InChI is InChI=1S/C33H44N4O8/c1-5-9-11-23(19-42-29(40)7-3)44-21-13-15-25(27(38)17-21)31-35-32(37-33(34)36-31)26-16-14-22(18-28(26)39)45-24(12-10-6-2)20-43-30(41)8-4/h13-18,23-24,38-39H,5-12,19-20H2,1-4H3,(H2,34,35,36,37). The molecule has 0 saturated heterocycles. The number of aromatic nitrogens is 3. The van der Waals surface area contributed by atoms with Crippen molar-refractivity contribution in [3.05, 3.63) is 36.4 Å². The van der Waals surface area contributed by atoms with E-state index in [0.29, 0.717) is 24.3 Å². The van der Waals surface area contributed by atoms with Crippen molar-refractivity contribution in [1.82, 2.24) is 15.0 Å². The van der Waals surface area contributed by atoms with Crippen molar-refractivity contribution in [2.75, 3.05) is 18.9 Å². The van der Waals surface area contributed by atoms with Gasteiger partial charge < -0.3 is 34.9 Å². The topological polar surface area (TPSA) is 176 Å². The third-order valence-corrected chi connectivity index (χ3v) is 6.88. The number of phenolic OH excluding ortho intramolecular Hbond substituents is 2. The second kappa shape index (κ2) is 17.6. The lowest BCUT2D eigenvalue weighted by Gasteiger charge is -2.19. The Balaban J connectivity index is 1.80. The molecule has 0 saturated carbocycles. The van der Waals surface area contributed by atoms with E-state index in [0.717, 1.165) is 25.7 Å². The molecule has 0 fully saturated rings. The van der Waals surface area contributed by atoms with Gasteiger partial charge in [-0.2, -0.15) is 9.97 Å². The molecular formula is C33H44N4O8. The van der Waals surface area contributed by atoms with Crippen LogP contribution in [0.4, 0.5) is 5.95 Å². The van der Waals surface area contributed by atoms with Crippen LogP contribution < -0.4 is 15.2 Å². The van der Waals surface area contributed by atoms with Crippen LogP contribution in [-0.4, -0.2) is 62.5 Å². The lowest BCUT2D eigenvalue weighted by Crippen LogP contribution is -2.25. The number of hydrogen-bond donors (Lipinski definition) is 3. The van der Waals surface area contributed by atoms with Gasteiger partial charge in [0, 0.05) is 25.0 Å². The van der Waals surface area contributed by atoms with E-state index >= 15 is 0 Å². The summed E-state index contributed by atoms with van der Waals surface area (Å²) in [6.07, 6.45) is 4.87. The maximum Gasteiger partial charge on any atom is 0.305 e. The Morgan fingerprint density at radius 3 is 1.49 bits per heavy atom. The van der Waals surface area contributed by atoms with Crippen molar-refractivity contribution in [1.29, 1.82) is 0 Å². The molecule has 0 bridgehead atoms. The van der Waals surface area contributed by atoms with Crippen molar-refractivity contribution < 1.29 is 38.7 Å². The van der Waals surface area contributed by atoms with E-state index in [9.17, 15) is 19.8 Å². The van der Waals surface area contributed by atoms with Gasteiger partial charge >= 0.3 is 11.9 Å². The number of esters is 2. The smallest absolute Gasteiger partial charge is 0.305 e. The number of anilines is 1. The lowest BCUT2D eigenvalue weighted by atomic mass is 10.1. The normalized spacial score (nSPS) is 12.3. The minimum absolute atomic E-state index is 0.0954. The van der Waals surface area contributed by atoms with E-state index in [1.54, 1.807) is 38.1 Å². The predicted molar refractivity (Wildman–Crippen MR) is 169 cm³/mol. The van der Waals surface area contributed by atoms with Crippen molar-refractivity contribution in [3.63, 3.8) is 0 Å². The second-order valence-corrected chi connectivity index (χ2v) is 10.5. The number of nitrogens with two attached hydrogens (primary N) is 1. The first kappa shape index (κ1) is 34.9. The molecule has 1 heterocycles. The highest BCUT2D eigenvalue weighted by molar-refractivity contribution is 5.71. The molecule has 0 radical (unpaired) electrons. The zero-order valence-electron chi connectivity index (χ0n) is 26.5. The maximum atomic E-state index is 11.6. The number of unbranched alkanes of at least 4 members (excludes halogenated alkanes) is 2. The summed E-state index contributed by atoms with van der Waals surface area (Å²) in [6, 6.07) is 9.38. The summed E-state index contributed by atoms with van der Waals surface area (Å²) in [5.41, 5.74) is 6.56. The Morgan fingerprint density at radius 1 is 0.711 bits per heavy atom. The Hall–Kier alpha value is -4.61. The molecule has 4 N–H and O–H groups in total. The van der Waals surface area contributed by atoms with Gasteiger partial charge in [-0.05, 0) is 49.9 Å². The molecule has 2 aromatic carbocycles. The molecule has 0 aliphatic heterocycles. The fourth-order valence-electron chi connectivity index (χ4n) is 4.36. The molecule has 0 aliphatic carbocycles. The lowest BCUT2D eigenvalue weighted by molar-refractivity contribution is -0.146. The minimum atomic E-state index is -0.367. The molecule has 2 unspecified atom stereocenters. The fourth-order valence-corrected chi connectivity index (χ4v) is 4.36. The van der Waals surface area contributed by atoms with Gasteiger partial charge in [0.2, 0.25) is 5.95 Å². The molecular weight excluding hydrogens is 580 g/mol. The highest BCUT2D eigenvalue weighted by atomic mass is 16.6. The van der Waals surface area contributed by atoms with Gasteiger partial charge in [0.05, 0.1) is 11.1 Å². The van der Waals surface area contributed by atoms with E-state index in [2.05, 4.69) is 28.8 Å². The molecule has 0 amide bonds. The molecule has 0 spiro atoms. The molecule has 12 nitrogen and oxygen atoms in total. The predicted octanol–water partition coefficient (Wildman–Crippen LogP) is 5.98. The van der Waals surface area contributed by atoms with E-state index < -0.39 is 0 Å². The number of nitrogen functional groups attached to an aromatic ring is 1. The molecule has 2 atom stereocenters. The number of carbonyl (C=O) groups excluding carboxylic acids is 2. The number of aromatic hydroxyl groups is 2. The average molecular weight is 625 g/mol. The summed E-state index contributed by atoms with van der Waals surface area (Å²) in [4.78, 5) is 36.1. The zero-order chi connectivity index (χ0) is 32.8. The van der Waals surface area contributed by atoms with Crippen molar-refractivity contribution in [3.8, 4) is 45.8 Å². The van der Waals surface area contributed by atoms with Crippen LogP contribution in [-0.2, 0) is 19.1 Å². The number of ether oxygens (including phenoxy) is 4. The summed E-state index contributed by atoms with van der Waals surface area (Å²) < 4.78 is 22.6. The highest BCUT2D eigenvalue weighted by Gasteiger charge is 2.19. The zero-order valence-corrected chi connectivity index (χ0v) is 26.5. The van der Waals surface area contributed by atoms with Crippen LogP contribution in [0.25, 0.3) is 22.8 Å². The van der Waals surface area contributed by atoms with Crippen LogP contribution in [0.1, 0.15) is 79.1 Å². The van der Waals surface area contributed by atoms with E-state index in [-0.39, 0.29) is 90.4 Å². The van der Waals surface area contributed by atoms with Crippen LogP contribution in [0.3, 0.4) is 0 Å². The Morgan fingerprint density at radius 2 is 1.13 bits per heavy atom. The number of phenols is 2. The SMILES string of the molecule is CCCCC(COC(=O)CC)Oc1ccc(-c2nc(N)nc(-c3ccc(OC(CCCC)COC(=O)CC)cc3O)n2)c(O)c1. The van der Waals surface area contributed by atoms with Gasteiger partial charge in [-0.1, -0.05) is 40.5 Å². The van der Waals surface area contributed by atoms with Gasteiger partial charge in [0.25, 0.3) is 0 Å². The van der Waals surface area contributed by atoms with Crippen LogP contribution in [0.5, 0.6) is 23.0 Å².